The number of hydrogen-bond donors (Lipinski definition) is 1. The maximum atomic E-state index is 13.0. The first-order chi connectivity index (χ1) is 16.2. The molecule has 1 N–H and O–H groups in total. The average molecular weight is 488 g/mol. The Labute approximate surface area is 198 Å². The van der Waals surface area contributed by atoms with Crippen LogP contribution in [0.5, 0.6) is 11.6 Å². The van der Waals surface area contributed by atoms with Crippen LogP contribution in [-0.4, -0.2) is 60.2 Å². The monoisotopic (exact) mass is 487 g/mol. The van der Waals surface area contributed by atoms with Gasteiger partial charge < -0.3 is 14.8 Å². The van der Waals surface area contributed by atoms with Crippen LogP contribution in [-0.2, 0) is 21.9 Å². The van der Waals surface area contributed by atoms with Crippen LogP contribution >= 0.6 is 0 Å². The Morgan fingerprint density at radius 1 is 1.15 bits per heavy atom. The van der Waals surface area contributed by atoms with E-state index in [9.17, 15) is 13.2 Å². The summed E-state index contributed by atoms with van der Waals surface area (Å²) in [5, 5.41) is 7.79. The summed E-state index contributed by atoms with van der Waals surface area (Å²) in [5.74, 6) is 0.193. The third kappa shape index (κ3) is 4.71. The topological polar surface area (TPSA) is 116 Å². The SMILES string of the molecule is COc1ccc(S(=O)(=O)N2CCCCC2)cc1NC(=O)COc1nn(C)c2nc(C)cc(C)c12. The number of fused-ring (bicyclic) bond motifs is 1. The summed E-state index contributed by atoms with van der Waals surface area (Å²) in [4.78, 5) is 17.3. The maximum absolute atomic E-state index is 13.0. The van der Waals surface area contributed by atoms with E-state index in [0.29, 0.717) is 30.4 Å². The van der Waals surface area contributed by atoms with Gasteiger partial charge in [-0.25, -0.2) is 18.1 Å². The predicted octanol–water partition coefficient (Wildman–Crippen LogP) is 2.79. The number of nitrogens with zero attached hydrogens (tertiary/aromatic N) is 4. The number of amides is 1. The second-order valence-electron chi connectivity index (χ2n) is 8.37. The van der Waals surface area contributed by atoms with Crippen LogP contribution < -0.4 is 14.8 Å². The van der Waals surface area contributed by atoms with Gasteiger partial charge in [0.15, 0.2) is 12.3 Å². The molecule has 0 radical (unpaired) electrons. The number of nitrogens with one attached hydrogen (secondary N) is 1. The number of aromatic nitrogens is 3. The lowest BCUT2D eigenvalue weighted by molar-refractivity contribution is -0.118. The van der Waals surface area contributed by atoms with E-state index in [2.05, 4.69) is 15.4 Å². The van der Waals surface area contributed by atoms with Gasteiger partial charge in [0.05, 0.1) is 23.1 Å². The molecule has 3 aromatic rings. The normalized spacial score (nSPS) is 14.8. The largest absolute Gasteiger partial charge is 0.495 e. The first kappa shape index (κ1) is 24.0. The van der Waals surface area contributed by atoms with Crippen molar-refractivity contribution in [3.63, 3.8) is 0 Å². The summed E-state index contributed by atoms with van der Waals surface area (Å²) in [6.45, 7) is 4.52. The number of benzene rings is 1. The lowest BCUT2D eigenvalue weighted by Crippen LogP contribution is -2.35. The summed E-state index contributed by atoms with van der Waals surface area (Å²) >= 11 is 0. The van der Waals surface area contributed by atoms with Crippen LogP contribution in [0.2, 0.25) is 0 Å². The van der Waals surface area contributed by atoms with E-state index in [1.165, 1.54) is 29.6 Å². The zero-order valence-electron chi connectivity index (χ0n) is 19.8. The first-order valence-corrected chi connectivity index (χ1v) is 12.6. The van der Waals surface area contributed by atoms with Crippen LogP contribution in [0.4, 0.5) is 5.69 Å². The van der Waals surface area contributed by atoms with Gasteiger partial charge in [-0.15, -0.1) is 5.10 Å². The van der Waals surface area contributed by atoms with Crippen molar-refractivity contribution in [2.24, 2.45) is 7.05 Å². The summed E-state index contributed by atoms with van der Waals surface area (Å²) in [6, 6.07) is 6.38. The molecule has 1 fully saturated rings. The molecule has 182 valence electrons. The second-order valence-corrected chi connectivity index (χ2v) is 10.3. The highest BCUT2D eigenvalue weighted by Crippen LogP contribution is 2.30. The molecule has 2 aromatic heterocycles. The molecule has 1 aliphatic rings. The molecular formula is C23H29N5O5S. The van der Waals surface area contributed by atoms with Gasteiger partial charge in [0.2, 0.25) is 15.9 Å². The van der Waals surface area contributed by atoms with Gasteiger partial charge in [-0.1, -0.05) is 6.42 Å². The van der Waals surface area contributed by atoms with Crippen molar-refractivity contribution in [3.8, 4) is 11.6 Å². The molecule has 10 nitrogen and oxygen atoms in total. The Balaban J connectivity index is 1.52. The lowest BCUT2D eigenvalue weighted by atomic mass is 10.2. The van der Waals surface area contributed by atoms with E-state index >= 15 is 0 Å². The van der Waals surface area contributed by atoms with E-state index in [1.54, 1.807) is 11.7 Å². The fourth-order valence-corrected chi connectivity index (χ4v) is 5.71. The van der Waals surface area contributed by atoms with Crippen LogP contribution in [0, 0.1) is 13.8 Å². The van der Waals surface area contributed by atoms with E-state index in [1.807, 2.05) is 19.9 Å². The highest BCUT2D eigenvalue weighted by atomic mass is 32.2. The van der Waals surface area contributed by atoms with Gasteiger partial charge in [-0.05, 0) is 56.5 Å². The van der Waals surface area contributed by atoms with E-state index in [-0.39, 0.29) is 17.2 Å². The number of carbonyl (C=O) groups is 1. The summed E-state index contributed by atoms with van der Waals surface area (Å²) in [6.07, 6.45) is 2.71. The van der Waals surface area contributed by atoms with Crippen molar-refractivity contribution in [1.82, 2.24) is 19.1 Å². The van der Waals surface area contributed by atoms with Crippen molar-refractivity contribution in [2.45, 2.75) is 38.0 Å². The molecule has 3 heterocycles. The molecule has 1 aromatic carbocycles. The summed E-state index contributed by atoms with van der Waals surface area (Å²) in [5.41, 5.74) is 2.74. The Hall–Kier alpha value is -3.18. The van der Waals surface area contributed by atoms with Crippen LogP contribution in [0.25, 0.3) is 11.0 Å². The van der Waals surface area contributed by atoms with Crippen LogP contribution in [0.1, 0.15) is 30.5 Å². The number of hydrogen-bond acceptors (Lipinski definition) is 7. The molecule has 0 spiro atoms. The summed E-state index contributed by atoms with van der Waals surface area (Å²) < 4.78 is 40.2. The molecule has 1 amide bonds. The molecular weight excluding hydrogens is 458 g/mol. The Bertz CT molecular complexity index is 1330. The molecule has 1 aliphatic heterocycles. The fourth-order valence-electron chi connectivity index (χ4n) is 4.17. The molecule has 0 aliphatic carbocycles. The minimum atomic E-state index is -3.65. The van der Waals surface area contributed by atoms with E-state index in [4.69, 9.17) is 9.47 Å². The molecule has 0 saturated carbocycles. The maximum Gasteiger partial charge on any atom is 0.262 e. The molecule has 34 heavy (non-hydrogen) atoms. The molecule has 0 bridgehead atoms. The standard InChI is InChI=1S/C23H29N5O5S/c1-15-12-16(2)24-22-21(15)23(26-27(22)3)33-14-20(29)25-18-13-17(8-9-19(18)32-4)34(30,31)28-10-6-5-7-11-28/h8-9,12-13H,5-7,10-11,14H2,1-4H3,(H,25,29). The van der Waals surface area contributed by atoms with Crippen molar-refractivity contribution in [1.29, 1.82) is 0 Å². The molecule has 4 rings (SSSR count). The number of anilines is 1. The highest BCUT2D eigenvalue weighted by molar-refractivity contribution is 7.89. The quantitative estimate of drug-likeness (QED) is 0.545. The predicted molar refractivity (Wildman–Crippen MR) is 128 cm³/mol. The van der Waals surface area contributed by atoms with Gasteiger partial charge in [0, 0.05) is 25.8 Å². The highest BCUT2D eigenvalue weighted by Gasteiger charge is 2.27. The zero-order chi connectivity index (χ0) is 24.5. The summed E-state index contributed by atoms with van der Waals surface area (Å²) in [7, 11) is -0.434. The average Bonchev–Trinajstić information content (AvgIpc) is 3.13. The fraction of sp³-hybridized carbons (Fsp3) is 0.435. The van der Waals surface area contributed by atoms with Gasteiger partial charge in [-0.3, -0.25) is 4.79 Å². The molecule has 0 unspecified atom stereocenters. The van der Waals surface area contributed by atoms with Crippen LogP contribution in [0.3, 0.4) is 0 Å². The van der Waals surface area contributed by atoms with Gasteiger partial charge in [-0.2, -0.15) is 4.31 Å². The number of aryl methyl sites for hydroxylation is 3. The number of sulfonamides is 1. The van der Waals surface area contributed by atoms with Gasteiger partial charge >= 0.3 is 0 Å². The van der Waals surface area contributed by atoms with Crippen molar-refractivity contribution >= 4 is 32.7 Å². The smallest absolute Gasteiger partial charge is 0.262 e. The number of carbonyl (C=O) groups excluding carboxylic acids is 1. The number of pyridine rings is 1. The Kier molecular flexibility index (Phi) is 6.76. The third-order valence-corrected chi connectivity index (χ3v) is 7.72. The first-order valence-electron chi connectivity index (χ1n) is 11.1. The Morgan fingerprint density at radius 2 is 1.88 bits per heavy atom. The third-order valence-electron chi connectivity index (χ3n) is 5.82. The molecule has 0 atom stereocenters. The number of piperidine rings is 1. The zero-order valence-corrected chi connectivity index (χ0v) is 20.6. The number of ether oxygens (including phenoxy) is 2. The van der Waals surface area contributed by atoms with Crippen LogP contribution in [0.15, 0.2) is 29.2 Å². The van der Waals surface area contributed by atoms with E-state index < -0.39 is 15.9 Å². The van der Waals surface area contributed by atoms with Gasteiger partial charge in [0.1, 0.15) is 5.75 Å². The number of methoxy groups -OCH3 is 1. The second kappa shape index (κ2) is 9.59. The Morgan fingerprint density at radius 3 is 2.59 bits per heavy atom. The van der Waals surface area contributed by atoms with Crippen molar-refractivity contribution in [2.75, 3.05) is 32.1 Å². The van der Waals surface area contributed by atoms with Crippen molar-refractivity contribution in [3.05, 3.63) is 35.5 Å². The minimum Gasteiger partial charge on any atom is -0.495 e. The van der Waals surface area contributed by atoms with Gasteiger partial charge in [0.25, 0.3) is 5.91 Å². The molecule has 1 saturated heterocycles. The minimum absolute atomic E-state index is 0.110. The van der Waals surface area contributed by atoms with Crippen molar-refractivity contribution < 1.29 is 22.7 Å². The number of rotatable bonds is 7. The molecule has 11 heteroatoms. The lowest BCUT2D eigenvalue weighted by Gasteiger charge is -2.26. The van der Waals surface area contributed by atoms with E-state index in [0.717, 1.165) is 35.9 Å².